The average molecular weight is 268 g/mol. The zero-order valence-electron chi connectivity index (χ0n) is 12.0. The molecule has 3 rings (SSSR count). The van der Waals surface area contributed by atoms with Crippen LogP contribution in [-0.4, -0.2) is 18.6 Å². The highest BCUT2D eigenvalue weighted by atomic mass is 16.5. The third-order valence-electron chi connectivity index (χ3n) is 3.97. The van der Waals surface area contributed by atoms with Crippen molar-refractivity contribution in [2.24, 2.45) is 0 Å². The van der Waals surface area contributed by atoms with Crippen LogP contribution in [0.25, 0.3) is 0 Å². The van der Waals surface area contributed by atoms with Crippen molar-refractivity contribution in [3.05, 3.63) is 58.9 Å². The van der Waals surface area contributed by atoms with E-state index in [0.717, 1.165) is 25.2 Å². The summed E-state index contributed by atoms with van der Waals surface area (Å²) in [5, 5.41) is 3.43. The van der Waals surface area contributed by atoms with Gasteiger partial charge < -0.3 is 10.1 Å². The largest absolute Gasteiger partial charge is 0.493 e. The van der Waals surface area contributed by atoms with Crippen molar-refractivity contribution in [3.63, 3.8) is 0 Å². The quantitative estimate of drug-likeness (QED) is 0.926. The number of hydrogen-bond donors (Lipinski definition) is 1. The molecule has 0 fully saturated rings. The zero-order chi connectivity index (χ0) is 13.9. The maximum Gasteiger partial charge on any atom is 0.122 e. The Morgan fingerprint density at radius 1 is 1.35 bits per heavy atom. The fourth-order valence-electron chi connectivity index (χ4n) is 2.90. The number of benzene rings is 1. The molecule has 1 aromatic carbocycles. The van der Waals surface area contributed by atoms with Gasteiger partial charge in [0.25, 0.3) is 0 Å². The van der Waals surface area contributed by atoms with E-state index < -0.39 is 0 Å². The minimum absolute atomic E-state index is 0.207. The maximum absolute atomic E-state index is 5.59. The molecule has 104 valence electrons. The van der Waals surface area contributed by atoms with Crippen LogP contribution in [-0.2, 0) is 12.8 Å². The number of fused-ring (bicyclic) bond motifs is 1. The normalized spacial score (nSPS) is 14.7. The van der Waals surface area contributed by atoms with E-state index in [4.69, 9.17) is 4.74 Å². The Balaban J connectivity index is 2.01. The molecule has 0 aliphatic carbocycles. The van der Waals surface area contributed by atoms with Crippen molar-refractivity contribution < 1.29 is 4.74 Å². The number of pyridine rings is 1. The van der Waals surface area contributed by atoms with Crippen LogP contribution in [0.15, 0.2) is 36.7 Å². The molecule has 3 heteroatoms. The number of aromatic nitrogens is 1. The Bertz CT molecular complexity index is 610. The van der Waals surface area contributed by atoms with E-state index in [1.54, 1.807) is 0 Å². The van der Waals surface area contributed by atoms with E-state index in [9.17, 15) is 0 Å². The fourth-order valence-corrected chi connectivity index (χ4v) is 2.90. The van der Waals surface area contributed by atoms with Crippen molar-refractivity contribution in [1.82, 2.24) is 10.3 Å². The maximum atomic E-state index is 5.59. The summed E-state index contributed by atoms with van der Waals surface area (Å²) in [6.45, 7) is 2.97. The lowest BCUT2D eigenvalue weighted by Gasteiger charge is -2.20. The minimum Gasteiger partial charge on any atom is -0.493 e. The van der Waals surface area contributed by atoms with Crippen LogP contribution in [0, 0.1) is 0 Å². The van der Waals surface area contributed by atoms with Crippen molar-refractivity contribution in [1.29, 1.82) is 0 Å². The SMILES string of the molecule is CCc1cnccc1C(NC)c1ccc2c(c1)CCO2. The van der Waals surface area contributed by atoms with Crippen LogP contribution < -0.4 is 10.1 Å². The van der Waals surface area contributed by atoms with Crippen LogP contribution in [0.2, 0.25) is 0 Å². The average Bonchev–Trinajstić information content (AvgIpc) is 2.96. The minimum atomic E-state index is 0.207. The molecule has 1 atom stereocenters. The van der Waals surface area contributed by atoms with Crippen LogP contribution in [0.3, 0.4) is 0 Å². The highest BCUT2D eigenvalue weighted by molar-refractivity contribution is 5.44. The van der Waals surface area contributed by atoms with Gasteiger partial charge in [-0.1, -0.05) is 19.1 Å². The number of nitrogens with zero attached hydrogens (tertiary/aromatic N) is 1. The molecule has 1 aliphatic heterocycles. The molecule has 0 saturated carbocycles. The fraction of sp³-hybridized carbons (Fsp3) is 0.353. The van der Waals surface area contributed by atoms with Crippen LogP contribution in [0.4, 0.5) is 0 Å². The highest BCUT2D eigenvalue weighted by Crippen LogP contribution is 2.31. The van der Waals surface area contributed by atoms with Crippen molar-refractivity contribution >= 4 is 0 Å². The second-order valence-electron chi connectivity index (χ2n) is 5.12. The summed E-state index contributed by atoms with van der Waals surface area (Å²) in [6, 6.07) is 8.84. The van der Waals surface area contributed by atoms with E-state index in [1.807, 2.05) is 19.4 Å². The monoisotopic (exact) mass is 268 g/mol. The molecule has 2 heterocycles. The summed E-state index contributed by atoms with van der Waals surface area (Å²) in [4.78, 5) is 4.24. The predicted molar refractivity (Wildman–Crippen MR) is 80.2 cm³/mol. The molecular formula is C17H20N2O. The predicted octanol–water partition coefficient (Wildman–Crippen LogP) is 2.89. The Hall–Kier alpha value is -1.87. The molecule has 0 saturated heterocycles. The first kappa shape index (κ1) is 13.1. The first-order valence-corrected chi connectivity index (χ1v) is 7.19. The molecule has 0 amide bonds. The Morgan fingerprint density at radius 2 is 2.25 bits per heavy atom. The summed E-state index contributed by atoms with van der Waals surface area (Å²) >= 11 is 0. The third kappa shape index (κ3) is 2.29. The van der Waals surface area contributed by atoms with Crippen molar-refractivity contribution in [2.45, 2.75) is 25.8 Å². The molecule has 3 nitrogen and oxygen atoms in total. The number of rotatable bonds is 4. The van der Waals surface area contributed by atoms with Crippen molar-refractivity contribution in [3.8, 4) is 5.75 Å². The van der Waals surface area contributed by atoms with Gasteiger partial charge in [0.15, 0.2) is 0 Å². The number of hydrogen-bond acceptors (Lipinski definition) is 3. The zero-order valence-corrected chi connectivity index (χ0v) is 12.0. The van der Waals surface area contributed by atoms with Gasteiger partial charge in [0.1, 0.15) is 5.75 Å². The summed E-state index contributed by atoms with van der Waals surface area (Å²) in [6.07, 6.45) is 5.84. The van der Waals surface area contributed by atoms with E-state index in [0.29, 0.717) is 0 Å². The lowest BCUT2D eigenvalue weighted by molar-refractivity contribution is 0.357. The lowest BCUT2D eigenvalue weighted by Crippen LogP contribution is -2.19. The summed E-state index contributed by atoms with van der Waals surface area (Å²) < 4.78 is 5.59. The molecule has 0 radical (unpaired) electrons. The summed E-state index contributed by atoms with van der Waals surface area (Å²) in [7, 11) is 2.01. The van der Waals surface area contributed by atoms with Gasteiger partial charge in [0.2, 0.25) is 0 Å². The second kappa shape index (κ2) is 5.63. The van der Waals surface area contributed by atoms with Gasteiger partial charge in [-0.3, -0.25) is 4.98 Å². The highest BCUT2D eigenvalue weighted by Gasteiger charge is 2.18. The summed E-state index contributed by atoms with van der Waals surface area (Å²) in [5.41, 5.74) is 5.21. The molecule has 1 unspecified atom stereocenters. The topological polar surface area (TPSA) is 34.2 Å². The van der Waals surface area contributed by atoms with Crippen LogP contribution >= 0.6 is 0 Å². The van der Waals surface area contributed by atoms with E-state index in [2.05, 4.69) is 41.5 Å². The first-order chi connectivity index (χ1) is 9.83. The number of nitrogens with one attached hydrogen (secondary N) is 1. The molecular weight excluding hydrogens is 248 g/mol. The van der Waals surface area contributed by atoms with Gasteiger partial charge in [0, 0.05) is 18.8 Å². The molecule has 20 heavy (non-hydrogen) atoms. The van der Waals surface area contributed by atoms with E-state index >= 15 is 0 Å². The molecule has 1 N–H and O–H groups in total. The molecule has 1 aromatic heterocycles. The van der Waals surface area contributed by atoms with Gasteiger partial charge >= 0.3 is 0 Å². The van der Waals surface area contributed by atoms with E-state index in [-0.39, 0.29) is 6.04 Å². The number of ether oxygens (including phenoxy) is 1. The lowest BCUT2D eigenvalue weighted by atomic mass is 9.93. The molecule has 0 bridgehead atoms. The molecule has 1 aliphatic rings. The van der Waals surface area contributed by atoms with E-state index in [1.165, 1.54) is 22.3 Å². The van der Waals surface area contributed by atoms with Gasteiger partial charge in [-0.05, 0) is 47.9 Å². The Labute approximate surface area is 120 Å². The smallest absolute Gasteiger partial charge is 0.122 e. The third-order valence-corrected chi connectivity index (χ3v) is 3.97. The van der Waals surface area contributed by atoms with Gasteiger partial charge in [-0.2, -0.15) is 0 Å². The van der Waals surface area contributed by atoms with Crippen LogP contribution in [0.1, 0.15) is 35.2 Å². The van der Waals surface area contributed by atoms with Gasteiger partial charge in [-0.25, -0.2) is 0 Å². The van der Waals surface area contributed by atoms with Gasteiger partial charge in [-0.15, -0.1) is 0 Å². The number of aryl methyl sites for hydroxylation is 1. The first-order valence-electron chi connectivity index (χ1n) is 7.19. The summed E-state index contributed by atoms with van der Waals surface area (Å²) in [5.74, 6) is 1.04. The van der Waals surface area contributed by atoms with Crippen molar-refractivity contribution in [2.75, 3.05) is 13.7 Å². The Kier molecular flexibility index (Phi) is 3.70. The molecule has 0 spiro atoms. The standard InChI is InChI=1S/C17H20N2O/c1-3-12-11-19-8-6-15(12)17(18-2)14-4-5-16-13(10-14)7-9-20-16/h4-6,8,10-11,17-18H,3,7,9H2,1-2H3. The second-order valence-corrected chi connectivity index (χ2v) is 5.12. The van der Waals surface area contributed by atoms with Gasteiger partial charge in [0.05, 0.1) is 12.6 Å². The Morgan fingerprint density at radius 3 is 3.05 bits per heavy atom. The molecule has 2 aromatic rings. The van der Waals surface area contributed by atoms with Crippen LogP contribution in [0.5, 0.6) is 5.75 Å².